The Labute approximate surface area is 111 Å². The normalized spacial score (nSPS) is 10.7. The van der Waals surface area contributed by atoms with Gasteiger partial charge in [-0.15, -0.1) is 11.8 Å². The van der Waals surface area contributed by atoms with Gasteiger partial charge in [0.25, 0.3) is 0 Å². The van der Waals surface area contributed by atoms with Gasteiger partial charge in [0.1, 0.15) is 15.5 Å². The summed E-state index contributed by atoms with van der Waals surface area (Å²) >= 11 is 5.27. The zero-order valence-electron chi connectivity index (χ0n) is 10.0. The monoisotopic (exact) mass is 302 g/mol. The van der Waals surface area contributed by atoms with Gasteiger partial charge in [-0.1, -0.05) is 26.7 Å². The zero-order valence-corrected chi connectivity index (χ0v) is 12.4. The highest BCUT2D eigenvalue weighted by atomic mass is 79.9. The van der Waals surface area contributed by atoms with Crippen LogP contribution in [0.5, 0.6) is 0 Å². The maximum absolute atomic E-state index is 4.54. The molecule has 0 spiro atoms. The van der Waals surface area contributed by atoms with Gasteiger partial charge in [-0.2, -0.15) is 0 Å². The summed E-state index contributed by atoms with van der Waals surface area (Å²) in [5, 5.41) is 1.10. The van der Waals surface area contributed by atoms with E-state index >= 15 is 0 Å². The van der Waals surface area contributed by atoms with E-state index in [1.807, 2.05) is 17.8 Å². The Morgan fingerprint density at radius 3 is 2.69 bits per heavy atom. The molecule has 0 aliphatic carbocycles. The molecule has 0 amide bonds. The Kier molecular flexibility index (Phi) is 7.05. The average Bonchev–Trinajstić information content (AvgIpc) is 2.24. The molecule has 0 saturated carbocycles. The van der Waals surface area contributed by atoms with Crippen LogP contribution in [0, 0.1) is 0 Å². The summed E-state index contributed by atoms with van der Waals surface area (Å²) < 4.78 is 0.906. The lowest BCUT2D eigenvalue weighted by Crippen LogP contribution is -1.96. The van der Waals surface area contributed by atoms with Crippen molar-refractivity contribution in [2.45, 2.75) is 51.0 Å². The summed E-state index contributed by atoms with van der Waals surface area (Å²) in [5.41, 5.74) is 0. The van der Waals surface area contributed by atoms with Gasteiger partial charge in [-0.25, -0.2) is 9.97 Å². The van der Waals surface area contributed by atoms with Gasteiger partial charge < -0.3 is 0 Å². The van der Waals surface area contributed by atoms with E-state index in [1.165, 1.54) is 19.3 Å². The fraction of sp³-hybridized carbons (Fsp3) is 0.667. The van der Waals surface area contributed by atoms with Gasteiger partial charge in [0, 0.05) is 12.5 Å². The molecule has 0 atom stereocenters. The maximum Gasteiger partial charge on any atom is 0.130 e. The molecule has 1 aromatic heterocycles. The van der Waals surface area contributed by atoms with Crippen molar-refractivity contribution in [3.8, 4) is 0 Å². The lowest BCUT2D eigenvalue weighted by molar-refractivity contribution is 0.775. The summed E-state index contributed by atoms with van der Waals surface area (Å²) in [7, 11) is 0. The topological polar surface area (TPSA) is 25.8 Å². The number of rotatable bonds is 7. The van der Waals surface area contributed by atoms with E-state index in [0.717, 1.165) is 34.0 Å². The first-order chi connectivity index (χ1) is 7.76. The Balaban J connectivity index is 2.51. The highest BCUT2D eigenvalue weighted by Crippen LogP contribution is 2.20. The highest BCUT2D eigenvalue weighted by molar-refractivity contribution is 9.10. The van der Waals surface area contributed by atoms with E-state index in [4.69, 9.17) is 0 Å². The molecule has 0 bridgehead atoms. The van der Waals surface area contributed by atoms with Gasteiger partial charge in [0.2, 0.25) is 0 Å². The number of aryl methyl sites for hydroxylation is 1. The molecule has 0 radical (unpaired) electrons. The molecule has 0 aliphatic rings. The molecule has 0 unspecified atom stereocenters. The molecule has 0 fully saturated rings. The lowest BCUT2D eigenvalue weighted by atomic mass is 10.3. The van der Waals surface area contributed by atoms with Crippen molar-refractivity contribution in [1.82, 2.24) is 9.97 Å². The third-order valence-electron chi connectivity index (χ3n) is 2.19. The van der Waals surface area contributed by atoms with E-state index in [9.17, 15) is 0 Å². The van der Waals surface area contributed by atoms with Gasteiger partial charge in [0.05, 0.1) is 0 Å². The van der Waals surface area contributed by atoms with Gasteiger partial charge in [-0.05, 0) is 34.5 Å². The first-order valence-electron chi connectivity index (χ1n) is 5.92. The van der Waals surface area contributed by atoms with Crippen LogP contribution >= 0.6 is 27.7 Å². The summed E-state index contributed by atoms with van der Waals surface area (Å²) in [6.07, 6.45) is 5.90. The predicted molar refractivity (Wildman–Crippen MR) is 74.0 cm³/mol. The molecule has 0 aliphatic heterocycles. The van der Waals surface area contributed by atoms with Gasteiger partial charge in [-0.3, -0.25) is 0 Å². The molecule has 1 aromatic rings. The fourth-order valence-electron chi connectivity index (χ4n) is 1.38. The fourth-order valence-corrected chi connectivity index (χ4v) is 2.88. The number of hydrogen-bond donors (Lipinski definition) is 0. The maximum atomic E-state index is 4.54. The molecular weight excluding hydrogens is 284 g/mol. The van der Waals surface area contributed by atoms with Crippen molar-refractivity contribution in [3.05, 3.63) is 16.5 Å². The Morgan fingerprint density at radius 2 is 2.00 bits per heavy atom. The minimum atomic E-state index is 0.906. The SMILES string of the molecule is CCCCCSc1cc(Br)nc(CCC)n1. The van der Waals surface area contributed by atoms with Crippen molar-refractivity contribution in [3.63, 3.8) is 0 Å². The zero-order chi connectivity index (χ0) is 11.8. The molecule has 90 valence electrons. The van der Waals surface area contributed by atoms with Crippen LogP contribution < -0.4 is 0 Å². The quantitative estimate of drug-likeness (QED) is 0.422. The number of thioether (sulfide) groups is 1. The minimum absolute atomic E-state index is 0.906. The van der Waals surface area contributed by atoms with E-state index in [0.29, 0.717) is 0 Å². The van der Waals surface area contributed by atoms with Crippen LogP contribution in [0.3, 0.4) is 0 Å². The Hall–Kier alpha value is -0.0900. The second-order valence-electron chi connectivity index (χ2n) is 3.75. The third kappa shape index (κ3) is 5.30. The summed E-state index contributed by atoms with van der Waals surface area (Å²) in [4.78, 5) is 8.90. The molecule has 16 heavy (non-hydrogen) atoms. The predicted octanol–water partition coefficient (Wildman–Crippen LogP) is 4.47. The third-order valence-corrected chi connectivity index (χ3v) is 3.59. The molecule has 0 saturated heterocycles. The molecule has 1 rings (SSSR count). The summed E-state index contributed by atoms with van der Waals surface area (Å²) in [5.74, 6) is 2.11. The minimum Gasteiger partial charge on any atom is -0.227 e. The van der Waals surface area contributed by atoms with Crippen molar-refractivity contribution >= 4 is 27.7 Å². The van der Waals surface area contributed by atoms with Crippen LogP contribution in [0.25, 0.3) is 0 Å². The highest BCUT2D eigenvalue weighted by Gasteiger charge is 2.02. The summed E-state index contributed by atoms with van der Waals surface area (Å²) in [6.45, 7) is 4.38. The largest absolute Gasteiger partial charge is 0.227 e. The second kappa shape index (κ2) is 8.07. The average molecular weight is 303 g/mol. The number of nitrogens with zero attached hydrogens (tertiary/aromatic N) is 2. The van der Waals surface area contributed by atoms with E-state index < -0.39 is 0 Å². The van der Waals surface area contributed by atoms with Gasteiger partial charge >= 0.3 is 0 Å². The van der Waals surface area contributed by atoms with Crippen LogP contribution in [-0.2, 0) is 6.42 Å². The van der Waals surface area contributed by atoms with Crippen molar-refractivity contribution in [2.24, 2.45) is 0 Å². The number of hydrogen-bond acceptors (Lipinski definition) is 3. The lowest BCUT2D eigenvalue weighted by Gasteiger charge is -2.04. The van der Waals surface area contributed by atoms with Crippen molar-refractivity contribution < 1.29 is 0 Å². The molecule has 0 aromatic carbocycles. The van der Waals surface area contributed by atoms with Crippen molar-refractivity contribution in [2.75, 3.05) is 5.75 Å². The number of unbranched alkanes of at least 4 members (excludes halogenated alkanes) is 2. The molecule has 4 heteroatoms. The second-order valence-corrected chi connectivity index (χ2v) is 5.68. The molecule has 0 N–H and O–H groups in total. The number of halogens is 1. The van der Waals surface area contributed by atoms with Crippen LogP contribution in [0.15, 0.2) is 15.7 Å². The Morgan fingerprint density at radius 1 is 1.19 bits per heavy atom. The van der Waals surface area contributed by atoms with Crippen LogP contribution in [0.4, 0.5) is 0 Å². The van der Waals surface area contributed by atoms with Gasteiger partial charge in [0.15, 0.2) is 0 Å². The Bertz CT molecular complexity index is 318. The summed E-state index contributed by atoms with van der Waals surface area (Å²) in [6, 6.07) is 2.01. The first kappa shape index (κ1) is 14.0. The van der Waals surface area contributed by atoms with Crippen LogP contribution in [0.2, 0.25) is 0 Å². The van der Waals surface area contributed by atoms with Crippen LogP contribution in [-0.4, -0.2) is 15.7 Å². The van der Waals surface area contributed by atoms with E-state index in [-0.39, 0.29) is 0 Å². The smallest absolute Gasteiger partial charge is 0.130 e. The molecular formula is C12H19BrN2S. The first-order valence-corrected chi connectivity index (χ1v) is 7.70. The van der Waals surface area contributed by atoms with E-state index in [1.54, 1.807) is 0 Å². The molecule has 2 nitrogen and oxygen atoms in total. The standard InChI is InChI=1S/C12H19BrN2S/c1-3-5-6-8-16-12-9-10(13)14-11(15-12)7-4-2/h9H,3-8H2,1-2H3. The van der Waals surface area contributed by atoms with Crippen LogP contribution in [0.1, 0.15) is 45.4 Å². The number of aromatic nitrogens is 2. The van der Waals surface area contributed by atoms with Crippen molar-refractivity contribution in [1.29, 1.82) is 0 Å². The van der Waals surface area contributed by atoms with E-state index in [2.05, 4.69) is 39.7 Å². The molecule has 1 heterocycles.